The molecule has 58 valence electrons. The van der Waals surface area contributed by atoms with Crippen molar-refractivity contribution >= 4 is 32.0 Å². The molecule has 11 heavy (non-hydrogen) atoms. The first-order valence-corrected chi connectivity index (χ1v) is 5.81. The fourth-order valence-electron chi connectivity index (χ4n) is 0.776. The summed E-state index contributed by atoms with van der Waals surface area (Å²) >= 11 is 0.485. The van der Waals surface area contributed by atoms with Crippen LogP contribution < -0.4 is 9.92 Å². The van der Waals surface area contributed by atoms with Gasteiger partial charge in [-0.15, -0.1) is 0 Å². The van der Waals surface area contributed by atoms with Crippen LogP contribution in [0.1, 0.15) is 0 Å². The van der Waals surface area contributed by atoms with Crippen LogP contribution in [0.15, 0.2) is 24.3 Å². The molecule has 0 unspecified atom stereocenters. The van der Waals surface area contributed by atoms with E-state index in [1.54, 1.807) is 12.1 Å². The van der Waals surface area contributed by atoms with E-state index >= 15 is 0 Å². The van der Waals surface area contributed by atoms with Gasteiger partial charge in [-0.2, -0.15) is 0 Å². The van der Waals surface area contributed by atoms with Gasteiger partial charge in [0, 0.05) is 0 Å². The van der Waals surface area contributed by atoms with Crippen LogP contribution in [0.2, 0.25) is 5.82 Å². The van der Waals surface area contributed by atoms with Crippen molar-refractivity contribution < 1.29 is 10.0 Å². The first kappa shape index (κ1) is 8.82. The van der Waals surface area contributed by atoms with Crippen LogP contribution in [0, 0.1) is 0 Å². The molecule has 0 amide bonds. The Kier molecular flexibility index (Phi) is 3.15. The van der Waals surface area contributed by atoms with E-state index < -0.39 is 7.12 Å². The van der Waals surface area contributed by atoms with Crippen molar-refractivity contribution in [1.82, 2.24) is 0 Å². The minimum absolute atomic E-state index is 0.485. The molecule has 0 aliphatic heterocycles. The Balaban J connectivity index is 2.83. The van der Waals surface area contributed by atoms with Crippen molar-refractivity contribution in [3.63, 3.8) is 0 Å². The van der Waals surface area contributed by atoms with Crippen molar-refractivity contribution in [1.29, 1.82) is 0 Å². The van der Waals surface area contributed by atoms with E-state index in [0.29, 0.717) is 20.4 Å². The van der Waals surface area contributed by atoms with E-state index in [1.807, 2.05) is 12.1 Å². The second kappa shape index (κ2) is 3.93. The molecule has 2 nitrogen and oxygen atoms in total. The molecule has 0 saturated carbocycles. The quantitative estimate of drug-likeness (QED) is 0.604. The molecule has 0 aliphatic carbocycles. The fraction of sp³-hybridized carbons (Fsp3) is 0.143. The Bertz CT molecular complexity index is 222. The van der Waals surface area contributed by atoms with E-state index in [1.165, 1.54) is 4.46 Å². The van der Waals surface area contributed by atoms with E-state index in [-0.39, 0.29) is 0 Å². The second-order valence-electron chi connectivity index (χ2n) is 2.15. The topological polar surface area (TPSA) is 40.5 Å². The van der Waals surface area contributed by atoms with Gasteiger partial charge in [-0.05, 0) is 0 Å². The van der Waals surface area contributed by atoms with Gasteiger partial charge in [-0.25, -0.2) is 0 Å². The van der Waals surface area contributed by atoms with Gasteiger partial charge >= 0.3 is 72.1 Å². The molecule has 1 rings (SSSR count). The Morgan fingerprint density at radius 2 is 1.73 bits per heavy atom. The molecule has 0 atom stereocenters. The third-order valence-electron chi connectivity index (χ3n) is 1.41. The molecule has 0 heterocycles. The summed E-state index contributed by atoms with van der Waals surface area (Å²) in [6.45, 7) is 0. The summed E-state index contributed by atoms with van der Waals surface area (Å²) in [4.78, 5) is 0. The maximum absolute atomic E-state index is 8.75. The predicted molar refractivity (Wildman–Crippen MR) is 47.5 cm³/mol. The number of hydrogen-bond donors (Lipinski definition) is 2. The maximum atomic E-state index is 8.75. The fourth-order valence-corrected chi connectivity index (χ4v) is 1.63. The first-order chi connectivity index (χ1) is 5.24. The third-order valence-corrected chi connectivity index (χ3v) is 2.97. The molecule has 0 radical (unpaired) electrons. The molecular weight excluding hydrogens is 206 g/mol. The van der Waals surface area contributed by atoms with Gasteiger partial charge in [-0.1, -0.05) is 0 Å². The van der Waals surface area contributed by atoms with Crippen molar-refractivity contribution in [2.45, 2.75) is 5.82 Å². The molecule has 0 spiro atoms. The zero-order valence-electron chi connectivity index (χ0n) is 6.19. The van der Waals surface area contributed by atoms with Gasteiger partial charge in [0.1, 0.15) is 0 Å². The van der Waals surface area contributed by atoms with E-state index in [2.05, 4.69) is 5.82 Å². The summed E-state index contributed by atoms with van der Waals surface area (Å²) < 4.78 is 1.27. The minimum atomic E-state index is -1.34. The summed E-state index contributed by atoms with van der Waals surface area (Å²) in [5, 5.41) is 17.5. The molecule has 4 heteroatoms. The van der Waals surface area contributed by atoms with Crippen LogP contribution >= 0.6 is 0 Å². The molecule has 0 bridgehead atoms. The standard InChI is InChI=1S/C7H9BO2Se/c1-11-7-4-2-6(3-5-7)8(9)10/h2-5,9-10H,1H3. The molecule has 0 aromatic heterocycles. The Hall–Kier alpha value is -0.276. The van der Waals surface area contributed by atoms with Crippen molar-refractivity contribution in [2.75, 3.05) is 0 Å². The average Bonchev–Trinajstić information content (AvgIpc) is 2.05. The molecule has 1 aromatic rings. The number of hydrogen-bond acceptors (Lipinski definition) is 2. The Morgan fingerprint density at radius 1 is 1.18 bits per heavy atom. The molecule has 0 aliphatic rings. The van der Waals surface area contributed by atoms with Crippen LogP contribution in [-0.2, 0) is 0 Å². The zero-order valence-corrected chi connectivity index (χ0v) is 7.90. The Morgan fingerprint density at radius 3 is 2.09 bits per heavy atom. The molecular formula is C7H9BO2Se. The van der Waals surface area contributed by atoms with Crippen LogP contribution in [0.5, 0.6) is 0 Å². The SMILES string of the molecule is C[Se]c1ccc(B(O)O)cc1. The van der Waals surface area contributed by atoms with Crippen LogP contribution in [0.4, 0.5) is 0 Å². The molecule has 0 saturated heterocycles. The van der Waals surface area contributed by atoms with E-state index in [0.717, 1.165) is 0 Å². The van der Waals surface area contributed by atoms with E-state index in [4.69, 9.17) is 10.0 Å². The van der Waals surface area contributed by atoms with Crippen molar-refractivity contribution in [3.8, 4) is 0 Å². The molecule has 2 N–H and O–H groups in total. The second-order valence-corrected chi connectivity index (χ2v) is 3.99. The van der Waals surface area contributed by atoms with Crippen molar-refractivity contribution in [3.05, 3.63) is 24.3 Å². The summed E-state index contributed by atoms with van der Waals surface area (Å²) in [5.41, 5.74) is 0.554. The van der Waals surface area contributed by atoms with E-state index in [9.17, 15) is 0 Å². The van der Waals surface area contributed by atoms with Gasteiger partial charge in [-0.3, -0.25) is 0 Å². The van der Waals surface area contributed by atoms with Crippen LogP contribution in [-0.4, -0.2) is 32.1 Å². The van der Waals surface area contributed by atoms with Gasteiger partial charge < -0.3 is 0 Å². The summed E-state index contributed by atoms with van der Waals surface area (Å²) in [6.07, 6.45) is 0. The summed E-state index contributed by atoms with van der Waals surface area (Å²) in [7, 11) is -1.34. The number of benzene rings is 1. The average molecular weight is 215 g/mol. The normalized spacial score (nSPS) is 9.73. The van der Waals surface area contributed by atoms with Crippen molar-refractivity contribution in [2.24, 2.45) is 0 Å². The monoisotopic (exact) mass is 216 g/mol. The van der Waals surface area contributed by atoms with Crippen LogP contribution in [0.25, 0.3) is 0 Å². The molecule has 0 fully saturated rings. The summed E-state index contributed by atoms with van der Waals surface area (Å²) in [6, 6.07) is 7.33. The van der Waals surface area contributed by atoms with Gasteiger partial charge in [0.25, 0.3) is 0 Å². The van der Waals surface area contributed by atoms with Crippen LogP contribution in [0.3, 0.4) is 0 Å². The van der Waals surface area contributed by atoms with Gasteiger partial charge in [0.2, 0.25) is 0 Å². The predicted octanol–water partition coefficient (Wildman–Crippen LogP) is -1.26. The van der Waals surface area contributed by atoms with Gasteiger partial charge in [0.05, 0.1) is 0 Å². The zero-order chi connectivity index (χ0) is 8.27. The van der Waals surface area contributed by atoms with Gasteiger partial charge in [0.15, 0.2) is 0 Å². The Labute approximate surface area is 72.6 Å². The first-order valence-electron chi connectivity index (χ1n) is 3.24. The summed E-state index contributed by atoms with van der Waals surface area (Å²) in [5.74, 6) is 2.12. The number of rotatable bonds is 2. The third kappa shape index (κ3) is 2.35. The molecule has 1 aromatic carbocycles.